The molecular formula is C24H25F2N5O4. The van der Waals surface area contributed by atoms with Gasteiger partial charge in [-0.1, -0.05) is 13.0 Å². The van der Waals surface area contributed by atoms with Crippen molar-refractivity contribution in [2.45, 2.75) is 50.6 Å². The van der Waals surface area contributed by atoms with E-state index in [1.165, 1.54) is 25.4 Å². The highest BCUT2D eigenvalue weighted by molar-refractivity contribution is 6.06. The van der Waals surface area contributed by atoms with Gasteiger partial charge in [-0.3, -0.25) is 9.78 Å². The molecule has 0 radical (unpaired) electrons. The highest BCUT2D eigenvalue weighted by Crippen LogP contribution is 2.40. The number of ether oxygens (including phenoxy) is 1. The molecule has 1 amide bonds. The van der Waals surface area contributed by atoms with Crippen LogP contribution in [0.4, 0.5) is 20.2 Å². The first kappa shape index (κ1) is 24.6. The van der Waals surface area contributed by atoms with E-state index < -0.39 is 47.0 Å². The first-order chi connectivity index (χ1) is 16.6. The molecule has 35 heavy (non-hydrogen) atoms. The van der Waals surface area contributed by atoms with Gasteiger partial charge in [0.15, 0.2) is 11.5 Å². The number of amides is 1. The van der Waals surface area contributed by atoms with Crippen molar-refractivity contribution in [2.75, 3.05) is 11.1 Å². The molecule has 4 atom stereocenters. The first-order valence-electron chi connectivity index (χ1n) is 11.0. The predicted molar refractivity (Wildman–Crippen MR) is 123 cm³/mol. The predicted octanol–water partition coefficient (Wildman–Crippen LogP) is 3.00. The van der Waals surface area contributed by atoms with Crippen LogP contribution in [-0.2, 0) is 4.74 Å². The number of aliphatic hydroxyl groups is 2. The largest absolute Gasteiger partial charge is 0.396 e. The lowest BCUT2D eigenvalue weighted by molar-refractivity contribution is -0.221. The van der Waals surface area contributed by atoms with E-state index in [2.05, 4.69) is 20.3 Å². The molecule has 184 valence electrons. The molecule has 1 aliphatic rings. The molecule has 3 aromatic rings. The normalized spacial score (nSPS) is 24.2. The number of rotatable bonds is 5. The Morgan fingerprint density at radius 1 is 1.29 bits per heavy atom. The minimum Gasteiger partial charge on any atom is -0.396 e. The molecule has 0 aliphatic carbocycles. The molecule has 4 rings (SSSR count). The summed E-state index contributed by atoms with van der Waals surface area (Å²) in [5, 5.41) is 23.8. The highest BCUT2D eigenvalue weighted by atomic mass is 19.1. The van der Waals surface area contributed by atoms with Crippen molar-refractivity contribution >= 4 is 17.3 Å². The number of pyridine rings is 1. The molecule has 9 nitrogen and oxygen atoms in total. The maximum atomic E-state index is 14.2. The number of aliphatic hydroxyl groups excluding tert-OH is 1. The number of benzene rings is 1. The van der Waals surface area contributed by atoms with Crippen LogP contribution in [0, 0.1) is 11.6 Å². The van der Waals surface area contributed by atoms with E-state index in [1.54, 1.807) is 6.07 Å². The van der Waals surface area contributed by atoms with Crippen LogP contribution >= 0.6 is 0 Å². The highest BCUT2D eigenvalue weighted by Gasteiger charge is 2.46. The van der Waals surface area contributed by atoms with Crippen LogP contribution < -0.4 is 11.1 Å². The fourth-order valence-electron chi connectivity index (χ4n) is 4.13. The zero-order chi connectivity index (χ0) is 25.3. The Bertz CT molecular complexity index is 1240. The Hall–Kier alpha value is -3.54. The average molecular weight is 485 g/mol. The molecule has 0 saturated carbocycles. The number of nitrogens with one attached hydrogen (secondary N) is 1. The number of hydrogen-bond donors (Lipinski definition) is 4. The van der Waals surface area contributed by atoms with Crippen LogP contribution in [0.3, 0.4) is 0 Å². The van der Waals surface area contributed by atoms with Crippen LogP contribution in [0.15, 0.2) is 42.9 Å². The van der Waals surface area contributed by atoms with Crippen molar-refractivity contribution in [3.63, 3.8) is 0 Å². The molecule has 0 unspecified atom stereocenters. The Labute approximate surface area is 200 Å². The summed E-state index contributed by atoms with van der Waals surface area (Å²) in [5.41, 5.74) is 4.39. The molecule has 5 N–H and O–H groups in total. The van der Waals surface area contributed by atoms with Crippen molar-refractivity contribution in [1.29, 1.82) is 0 Å². The molecular weight excluding hydrogens is 460 g/mol. The molecule has 3 heterocycles. The van der Waals surface area contributed by atoms with Gasteiger partial charge < -0.3 is 26.0 Å². The fraction of sp³-hybridized carbons (Fsp3) is 0.333. The van der Waals surface area contributed by atoms with Crippen molar-refractivity contribution in [3.8, 4) is 11.4 Å². The second kappa shape index (κ2) is 9.61. The Morgan fingerprint density at radius 3 is 2.69 bits per heavy atom. The summed E-state index contributed by atoms with van der Waals surface area (Å²) in [6, 6.07) is 4.94. The Kier molecular flexibility index (Phi) is 6.75. The van der Waals surface area contributed by atoms with Gasteiger partial charge in [0.2, 0.25) is 0 Å². The van der Waals surface area contributed by atoms with E-state index in [0.29, 0.717) is 12.0 Å². The maximum absolute atomic E-state index is 14.2. The number of anilines is 2. The molecule has 1 fully saturated rings. The zero-order valence-electron chi connectivity index (χ0n) is 19.1. The summed E-state index contributed by atoms with van der Waals surface area (Å²) < 4.78 is 34.5. The number of carbonyl (C=O) groups is 1. The standard InChI is InChI=1S/C24H25F2N5O4/c1-3-19-24(2,34)18(32)9-17(35-19)12-7-8-28-11-16(12)30-23(33)21-15(27)10-29-22(31-21)20-13(25)5-4-6-14(20)26/h4-8,10-11,17-19,32,34H,3,9,27H2,1-2H3,(H,30,33)/t17-,18-,19-,24+/m1/s1. The van der Waals surface area contributed by atoms with Gasteiger partial charge in [0.1, 0.15) is 17.2 Å². The van der Waals surface area contributed by atoms with Crippen LogP contribution in [0.2, 0.25) is 0 Å². The van der Waals surface area contributed by atoms with Crippen LogP contribution in [0.5, 0.6) is 0 Å². The van der Waals surface area contributed by atoms with E-state index in [0.717, 1.165) is 18.3 Å². The Morgan fingerprint density at radius 2 is 2.00 bits per heavy atom. The van der Waals surface area contributed by atoms with E-state index in [4.69, 9.17) is 10.5 Å². The molecule has 0 bridgehead atoms. The van der Waals surface area contributed by atoms with Crippen LogP contribution in [-0.4, -0.2) is 48.9 Å². The van der Waals surface area contributed by atoms with Gasteiger partial charge in [0.05, 0.1) is 47.6 Å². The monoisotopic (exact) mass is 485 g/mol. The van der Waals surface area contributed by atoms with Crippen LogP contribution in [0.25, 0.3) is 11.4 Å². The van der Waals surface area contributed by atoms with Gasteiger partial charge in [-0.05, 0) is 31.5 Å². The van der Waals surface area contributed by atoms with E-state index in [1.807, 2.05) is 6.92 Å². The first-order valence-corrected chi connectivity index (χ1v) is 11.0. The SMILES string of the molecule is CC[C@H]1O[C@@H](c2ccncc2NC(=O)c2nc(-c3c(F)cccc3F)ncc2N)C[C@@H](O)[C@]1(C)O. The van der Waals surface area contributed by atoms with Gasteiger partial charge in [-0.2, -0.15) is 0 Å². The maximum Gasteiger partial charge on any atom is 0.276 e. The minimum absolute atomic E-state index is 0.0861. The quantitative estimate of drug-likeness (QED) is 0.432. The third-order valence-corrected chi connectivity index (χ3v) is 6.13. The number of nitrogen functional groups attached to an aromatic ring is 1. The number of nitrogens with zero attached hydrogens (tertiary/aromatic N) is 3. The third-order valence-electron chi connectivity index (χ3n) is 6.13. The molecule has 2 aromatic heterocycles. The van der Waals surface area contributed by atoms with E-state index >= 15 is 0 Å². The number of carbonyl (C=O) groups excluding carboxylic acids is 1. The summed E-state index contributed by atoms with van der Waals surface area (Å²) in [4.78, 5) is 25.0. The van der Waals surface area contributed by atoms with Crippen molar-refractivity contribution < 1.29 is 28.5 Å². The lowest BCUT2D eigenvalue weighted by Gasteiger charge is -2.44. The summed E-state index contributed by atoms with van der Waals surface area (Å²) >= 11 is 0. The average Bonchev–Trinajstić information content (AvgIpc) is 2.82. The zero-order valence-corrected chi connectivity index (χ0v) is 19.1. The Balaban J connectivity index is 1.64. The smallest absolute Gasteiger partial charge is 0.276 e. The third kappa shape index (κ3) is 4.70. The van der Waals surface area contributed by atoms with Crippen molar-refractivity contribution in [3.05, 3.63) is 65.7 Å². The van der Waals surface area contributed by atoms with Crippen molar-refractivity contribution in [1.82, 2.24) is 15.0 Å². The van der Waals surface area contributed by atoms with E-state index in [-0.39, 0.29) is 29.3 Å². The van der Waals surface area contributed by atoms with Crippen LogP contribution in [0.1, 0.15) is 48.8 Å². The lowest BCUT2D eigenvalue weighted by Crippen LogP contribution is -2.55. The van der Waals surface area contributed by atoms with Crippen molar-refractivity contribution in [2.24, 2.45) is 0 Å². The number of halogens is 2. The van der Waals surface area contributed by atoms with Gasteiger partial charge in [-0.15, -0.1) is 0 Å². The topological polar surface area (TPSA) is 143 Å². The summed E-state index contributed by atoms with van der Waals surface area (Å²) in [7, 11) is 0. The van der Waals surface area contributed by atoms with Gasteiger partial charge >= 0.3 is 0 Å². The molecule has 1 saturated heterocycles. The molecule has 1 aliphatic heterocycles. The summed E-state index contributed by atoms with van der Waals surface area (Å²) in [5.74, 6) is -2.86. The molecule has 11 heteroatoms. The molecule has 1 aromatic carbocycles. The number of aromatic nitrogens is 3. The lowest BCUT2D eigenvalue weighted by atomic mass is 9.83. The second-order valence-corrected chi connectivity index (χ2v) is 8.51. The fourth-order valence-corrected chi connectivity index (χ4v) is 4.13. The second-order valence-electron chi connectivity index (χ2n) is 8.51. The number of nitrogens with two attached hydrogens (primary N) is 1. The van der Waals surface area contributed by atoms with Gasteiger partial charge in [-0.25, -0.2) is 18.7 Å². The molecule has 0 spiro atoms. The van der Waals surface area contributed by atoms with Gasteiger partial charge in [0.25, 0.3) is 5.91 Å². The summed E-state index contributed by atoms with van der Waals surface area (Å²) in [6.07, 6.45) is 2.21. The van der Waals surface area contributed by atoms with Gasteiger partial charge in [0, 0.05) is 18.2 Å². The van der Waals surface area contributed by atoms with E-state index in [9.17, 15) is 23.8 Å². The number of hydrogen-bond acceptors (Lipinski definition) is 8. The minimum atomic E-state index is -1.42. The summed E-state index contributed by atoms with van der Waals surface area (Å²) in [6.45, 7) is 3.35.